The summed E-state index contributed by atoms with van der Waals surface area (Å²) in [6.45, 7) is 5.84. The van der Waals surface area contributed by atoms with Crippen LogP contribution in [0.3, 0.4) is 0 Å². The molecular weight excluding hydrogens is 234 g/mol. The van der Waals surface area contributed by atoms with Crippen molar-refractivity contribution in [2.24, 2.45) is 0 Å². The predicted octanol–water partition coefficient (Wildman–Crippen LogP) is -0.250. The van der Waals surface area contributed by atoms with Crippen molar-refractivity contribution in [2.45, 2.75) is 44.5 Å². The third-order valence-electron chi connectivity index (χ3n) is 3.76. The van der Waals surface area contributed by atoms with Gasteiger partial charge < -0.3 is 19.1 Å². The molecule has 18 heavy (non-hydrogen) atoms. The van der Waals surface area contributed by atoms with Gasteiger partial charge in [-0.05, 0) is 26.2 Å². The molecule has 0 amide bonds. The first-order chi connectivity index (χ1) is 8.61. The van der Waals surface area contributed by atoms with E-state index in [2.05, 4.69) is 4.74 Å². The van der Waals surface area contributed by atoms with E-state index in [1.54, 1.807) is 4.90 Å². The Hall–Kier alpha value is -0.650. The summed E-state index contributed by atoms with van der Waals surface area (Å²) >= 11 is 0. The summed E-state index contributed by atoms with van der Waals surface area (Å²) in [6, 6.07) is 0. The zero-order chi connectivity index (χ0) is 13.0. The summed E-state index contributed by atoms with van der Waals surface area (Å²) in [4.78, 5) is 12.9. The molecule has 2 atom stereocenters. The number of esters is 1. The molecule has 2 rings (SSSR count). The van der Waals surface area contributed by atoms with E-state index in [9.17, 15) is 4.79 Å². The Labute approximate surface area is 108 Å². The van der Waals surface area contributed by atoms with E-state index >= 15 is 0 Å². The molecule has 2 aliphatic rings. The number of rotatable bonds is 4. The van der Waals surface area contributed by atoms with Crippen LogP contribution >= 0.6 is 0 Å². The first-order valence-corrected chi connectivity index (χ1v) is 6.83. The first-order valence-electron chi connectivity index (χ1n) is 6.83. The fourth-order valence-corrected chi connectivity index (χ4v) is 2.80. The molecule has 0 aromatic rings. The summed E-state index contributed by atoms with van der Waals surface area (Å²) in [5.41, 5.74) is 0. The minimum Gasteiger partial charge on any atom is -0.469 e. The van der Waals surface area contributed by atoms with Crippen molar-refractivity contribution < 1.29 is 23.9 Å². The van der Waals surface area contributed by atoms with Crippen LogP contribution in [0.1, 0.15) is 32.6 Å². The second-order valence-electron chi connectivity index (χ2n) is 5.45. The lowest BCUT2D eigenvalue weighted by Gasteiger charge is -2.26. The maximum atomic E-state index is 11.3. The second kappa shape index (κ2) is 5.99. The van der Waals surface area contributed by atoms with Crippen molar-refractivity contribution in [3.63, 3.8) is 0 Å². The maximum absolute atomic E-state index is 11.3. The summed E-state index contributed by atoms with van der Waals surface area (Å²) in [5.74, 6) is -1.09. The van der Waals surface area contributed by atoms with Crippen LogP contribution in [0.4, 0.5) is 0 Å². The lowest BCUT2D eigenvalue weighted by molar-refractivity contribution is -0.907. The van der Waals surface area contributed by atoms with E-state index in [1.807, 2.05) is 6.92 Å². The van der Waals surface area contributed by atoms with Crippen LogP contribution in [-0.2, 0) is 19.0 Å². The van der Waals surface area contributed by atoms with Crippen LogP contribution in [0.2, 0.25) is 0 Å². The zero-order valence-electron chi connectivity index (χ0n) is 11.4. The number of piperidine rings is 1. The quantitative estimate of drug-likeness (QED) is 0.707. The molecule has 2 saturated heterocycles. The summed E-state index contributed by atoms with van der Waals surface area (Å²) < 4.78 is 16.2. The van der Waals surface area contributed by atoms with Gasteiger partial charge in [-0.1, -0.05) is 0 Å². The van der Waals surface area contributed by atoms with Gasteiger partial charge in [0.2, 0.25) is 0 Å². The Morgan fingerprint density at radius 3 is 2.78 bits per heavy atom. The van der Waals surface area contributed by atoms with Crippen LogP contribution < -0.4 is 4.90 Å². The van der Waals surface area contributed by atoms with E-state index in [0.717, 1.165) is 6.54 Å². The second-order valence-corrected chi connectivity index (χ2v) is 5.45. The molecule has 0 aromatic heterocycles. The van der Waals surface area contributed by atoms with E-state index in [1.165, 1.54) is 39.5 Å². The van der Waals surface area contributed by atoms with Crippen molar-refractivity contribution in [3.8, 4) is 0 Å². The van der Waals surface area contributed by atoms with Gasteiger partial charge in [0.15, 0.2) is 5.79 Å². The van der Waals surface area contributed by atoms with Crippen molar-refractivity contribution in [2.75, 3.05) is 33.4 Å². The zero-order valence-corrected chi connectivity index (χ0v) is 11.4. The van der Waals surface area contributed by atoms with E-state index < -0.39 is 5.79 Å². The molecule has 104 valence electrons. The largest absolute Gasteiger partial charge is 0.469 e. The molecule has 0 spiro atoms. The van der Waals surface area contributed by atoms with Gasteiger partial charge in [0.05, 0.1) is 33.2 Å². The van der Waals surface area contributed by atoms with Gasteiger partial charge in [-0.15, -0.1) is 0 Å². The van der Waals surface area contributed by atoms with Gasteiger partial charge in [0, 0.05) is 0 Å². The fourth-order valence-electron chi connectivity index (χ4n) is 2.80. The fraction of sp³-hybridized carbons (Fsp3) is 0.923. The normalized spacial score (nSPS) is 33.6. The molecule has 0 aliphatic carbocycles. The Kier molecular flexibility index (Phi) is 4.59. The van der Waals surface area contributed by atoms with Gasteiger partial charge in [0.1, 0.15) is 12.6 Å². The highest BCUT2D eigenvalue weighted by Gasteiger charge is 2.41. The molecule has 2 fully saturated rings. The van der Waals surface area contributed by atoms with Crippen LogP contribution in [-0.4, -0.2) is 51.2 Å². The number of likely N-dealkylation sites (tertiary alicyclic amines) is 1. The molecule has 0 bridgehead atoms. The minimum absolute atomic E-state index is 0.104. The van der Waals surface area contributed by atoms with Crippen molar-refractivity contribution in [1.29, 1.82) is 0 Å². The summed E-state index contributed by atoms with van der Waals surface area (Å²) in [7, 11) is 1.38. The molecule has 0 aromatic carbocycles. The highest BCUT2D eigenvalue weighted by atomic mass is 16.7. The number of hydrogen-bond acceptors (Lipinski definition) is 4. The highest BCUT2D eigenvalue weighted by molar-refractivity contribution is 5.70. The number of nitrogens with one attached hydrogen (secondary N) is 1. The van der Waals surface area contributed by atoms with Gasteiger partial charge in [-0.3, -0.25) is 4.79 Å². The molecule has 5 heteroatoms. The highest BCUT2D eigenvalue weighted by Crippen LogP contribution is 2.26. The summed E-state index contributed by atoms with van der Waals surface area (Å²) in [5, 5.41) is 0. The molecule has 0 saturated carbocycles. The monoisotopic (exact) mass is 258 g/mol. The van der Waals surface area contributed by atoms with Crippen molar-refractivity contribution in [3.05, 3.63) is 0 Å². The average molecular weight is 258 g/mol. The number of quaternary nitrogens is 1. The van der Waals surface area contributed by atoms with Gasteiger partial charge in [-0.2, -0.15) is 0 Å². The van der Waals surface area contributed by atoms with Crippen LogP contribution in [0.15, 0.2) is 0 Å². The molecule has 0 unspecified atom stereocenters. The van der Waals surface area contributed by atoms with Crippen LogP contribution in [0.25, 0.3) is 0 Å². The SMILES string of the molecule is COC(=O)C[C@]1(C)OC[C@@H](C[NH+]2CCCCC2)O1. The average Bonchev–Trinajstić information content (AvgIpc) is 2.71. The van der Waals surface area contributed by atoms with Crippen molar-refractivity contribution in [1.82, 2.24) is 0 Å². The van der Waals surface area contributed by atoms with Gasteiger partial charge in [-0.25, -0.2) is 0 Å². The molecule has 0 radical (unpaired) electrons. The van der Waals surface area contributed by atoms with E-state index in [-0.39, 0.29) is 18.5 Å². The lowest BCUT2D eigenvalue weighted by Crippen LogP contribution is -3.13. The minimum atomic E-state index is -0.799. The molecule has 2 aliphatic heterocycles. The number of carbonyl (C=O) groups excluding carboxylic acids is 1. The van der Waals surface area contributed by atoms with Gasteiger partial charge >= 0.3 is 5.97 Å². The number of hydrogen-bond donors (Lipinski definition) is 1. The van der Waals surface area contributed by atoms with Crippen LogP contribution in [0.5, 0.6) is 0 Å². The molecule has 5 nitrogen and oxygen atoms in total. The Morgan fingerprint density at radius 1 is 1.39 bits per heavy atom. The molecule has 2 heterocycles. The smallest absolute Gasteiger partial charge is 0.310 e. The third kappa shape index (κ3) is 3.67. The number of carbonyl (C=O) groups is 1. The molecule has 1 N–H and O–H groups in total. The summed E-state index contributed by atoms with van der Waals surface area (Å²) in [6.07, 6.45) is 4.23. The third-order valence-corrected chi connectivity index (χ3v) is 3.76. The van der Waals surface area contributed by atoms with E-state index in [4.69, 9.17) is 9.47 Å². The first kappa shape index (κ1) is 13.8. The van der Waals surface area contributed by atoms with Crippen molar-refractivity contribution >= 4 is 5.97 Å². The lowest BCUT2D eigenvalue weighted by atomic mass is 10.1. The molecular formula is C13H24NO4+. The number of methoxy groups -OCH3 is 1. The standard InChI is InChI=1S/C13H23NO4/c1-13(8-12(15)16-2)17-10-11(18-13)9-14-6-4-3-5-7-14/h11H,3-10H2,1-2H3/p+1/t11-,13-/m1/s1. The van der Waals surface area contributed by atoms with E-state index in [0.29, 0.717) is 6.61 Å². The topological polar surface area (TPSA) is 49.2 Å². The predicted molar refractivity (Wildman–Crippen MR) is 65.3 cm³/mol. The Morgan fingerprint density at radius 2 is 2.11 bits per heavy atom. The van der Waals surface area contributed by atoms with Gasteiger partial charge in [0.25, 0.3) is 0 Å². The number of ether oxygens (including phenoxy) is 3. The Balaban J connectivity index is 1.78. The Bertz CT molecular complexity index is 291. The maximum Gasteiger partial charge on any atom is 0.310 e. The van der Waals surface area contributed by atoms with Crippen LogP contribution in [0, 0.1) is 0 Å².